The molecule has 0 radical (unpaired) electrons. The fourth-order valence-corrected chi connectivity index (χ4v) is 3.14. The van der Waals surface area contributed by atoms with Crippen LogP contribution in [0.1, 0.15) is 32.8 Å². The molecule has 1 atom stereocenters. The lowest BCUT2D eigenvalue weighted by Crippen LogP contribution is -2.42. The first-order valence-electron chi connectivity index (χ1n) is 8.21. The van der Waals surface area contributed by atoms with Crippen molar-refractivity contribution in [3.05, 3.63) is 54.1 Å². The van der Waals surface area contributed by atoms with Gasteiger partial charge in [-0.25, -0.2) is 0 Å². The summed E-state index contributed by atoms with van der Waals surface area (Å²) in [6.07, 6.45) is 0.683. The second-order valence-electron chi connectivity index (χ2n) is 6.11. The SMILES string of the molecule is CC(=O)Oc1ccc(N=C2CC(C)N(C(C)=O)c3ccccc32)cc1. The minimum absolute atomic E-state index is 0.0322. The average molecular weight is 336 g/mol. The van der Waals surface area contributed by atoms with E-state index in [1.165, 1.54) is 6.92 Å². The number of esters is 1. The molecule has 2 aromatic carbocycles. The molecule has 25 heavy (non-hydrogen) atoms. The van der Waals surface area contributed by atoms with Crippen molar-refractivity contribution in [1.82, 2.24) is 0 Å². The Labute approximate surface area is 146 Å². The van der Waals surface area contributed by atoms with Gasteiger partial charge in [0.1, 0.15) is 5.75 Å². The quantitative estimate of drug-likeness (QED) is 0.618. The zero-order chi connectivity index (χ0) is 18.0. The van der Waals surface area contributed by atoms with Crippen LogP contribution in [0.4, 0.5) is 11.4 Å². The highest BCUT2D eigenvalue weighted by atomic mass is 16.5. The first-order chi connectivity index (χ1) is 12.0. The van der Waals surface area contributed by atoms with Gasteiger partial charge in [-0.05, 0) is 37.3 Å². The van der Waals surface area contributed by atoms with E-state index in [2.05, 4.69) is 0 Å². The number of fused-ring (bicyclic) bond motifs is 1. The number of hydrogen-bond acceptors (Lipinski definition) is 4. The molecule has 0 saturated heterocycles. The number of hydrogen-bond donors (Lipinski definition) is 0. The number of aliphatic imine (C=N–C) groups is 1. The number of carbonyl (C=O) groups excluding carboxylic acids is 2. The van der Waals surface area contributed by atoms with Crippen molar-refractivity contribution in [2.45, 2.75) is 33.2 Å². The molecule has 0 spiro atoms. The number of nitrogens with zero attached hydrogens (tertiary/aromatic N) is 2. The molecule has 0 N–H and O–H groups in total. The fourth-order valence-electron chi connectivity index (χ4n) is 3.14. The van der Waals surface area contributed by atoms with Gasteiger partial charge >= 0.3 is 5.97 Å². The van der Waals surface area contributed by atoms with E-state index in [4.69, 9.17) is 9.73 Å². The molecule has 0 aliphatic carbocycles. The third kappa shape index (κ3) is 3.60. The maximum Gasteiger partial charge on any atom is 0.308 e. The standard InChI is InChI=1S/C20H20N2O3/c1-13-12-19(18-6-4-5-7-20(18)22(13)14(2)23)21-16-8-10-17(11-9-16)25-15(3)24/h4-11,13H,12H2,1-3H3. The monoisotopic (exact) mass is 336 g/mol. The van der Waals surface area contributed by atoms with Crippen molar-refractivity contribution < 1.29 is 14.3 Å². The summed E-state index contributed by atoms with van der Waals surface area (Å²) in [6, 6.07) is 14.9. The first kappa shape index (κ1) is 16.9. The number of ether oxygens (including phenoxy) is 1. The Morgan fingerprint density at radius 3 is 2.40 bits per heavy atom. The zero-order valence-electron chi connectivity index (χ0n) is 14.5. The Morgan fingerprint density at radius 1 is 1.08 bits per heavy atom. The number of anilines is 1. The molecule has 0 fully saturated rings. The van der Waals surface area contributed by atoms with Gasteiger partial charge in [0.15, 0.2) is 0 Å². The molecule has 0 saturated carbocycles. The van der Waals surface area contributed by atoms with Gasteiger partial charge in [-0.1, -0.05) is 18.2 Å². The lowest BCUT2D eigenvalue weighted by atomic mass is 9.94. The largest absolute Gasteiger partial charge is 0.427 e. The first-order valence-corrected chi connectivity index (χ1v) is 8.21. The lowest BCUT2D eigenvalue weighted by Gasteiger charge is -2.35. The summed E-state index contributed by atoms with van der Waals surface area (Å²) in [5.74, 6) is 0.180. The topological polar surface area (TPSA) is 59.0 Å². The number of benzene rings is 2. The number of rotatable bonds is 2. The number of carbonyl (C=O) groups is 2. The van der Waals surface area contributed by atoms with Crippen LogP contribution >= 0.6 is 0 Å². The van der Waals surface area contributed by atoms with Crippen LogP contribution in [0.25, 0.3) is 0 Å². The van der Waals surface area contributed by atoms with Crippen LogP contribution in [-0.4, -0.2) is 23.6 Å². The molecule has 1 heterocycles. The molecule has 1 aliphatic heterocycles. The van der Waals surface area contributed by atoms with E-state index in [1.54, 1.807) is 19.1 Å². The minimum Gasteiger partial charge on any atom is -0.427 e. The molecule has 128 valence electrons. The second-order valence-corrected chi connectivity index (χ2v) is 6.11. The van der Waals surface area contributed by atoms with Gasteiger partial charge in [0.05, 0.1) is 17.1 Å². The predicted molar refractivity (Wildman–Crippen MR) is 97.6 cm³/mol. The molecule has 2 aromatic rings. The van der Waals surface area contributed by atoms with Crippen molar-refractivity contribution in [2.24, 2.45) is 4.99 Å². The molecule has 5 nitrogen and oxygen atoms in total. The van der Waals surface area contributed by atoms with Gasteiger partial charge in [0.25, 0.3) is 0 Å². The zero-order valence-corrected chi connectivity index (χ0v) is 14.5. The summed E-state index contributed by atoms with van der Waals surface area (Å²) in [7, 11) is 0. The van der Waals surface area contributed by atoms with Gasteiger partial charge in [0, 0.05) is 31.9 Å². The molecule has 3 rings (SSSR count). The Balaban J connectivity index is 1.96. The summed E-state index contributed by atoms with van der Waals surface area (Å²) in [6.45, 7) is 4.98. The van der Waals surface area contributed by atoms with Crippen molar-refractivity contribution in [2.75, 3.05) is 4.90 Å². The van der Waals surface area contributed by atoms with E-state index in [0.717, 1.165) is 22.6 Å². The Bertz CT molecular complexity index is 840. The lowest BCUT2D eigenvalue weighted by molar-refractivity contribution is -0.131. The Hall–Kier alpha value is -2.95. The molecule has 1 unspecified atom stereocenters. The molecular formula is C20H20N2O3. The van der Waals surface area contributed by atoms with Crippen LogP contribution in [0, 0.1) is 0 Å². The number of para-hydroxylation sites is 1. The van der Waals surface area contributed by atoms with Crippen molar-refractivity contribution >= 4 is 29.0 Å². The van der Waals surface area contributed by atoms with Crippen LogP contribution in [0.3, 0.4) is 0 Å². The highest BCUT2D eigenvalue weighted by Crippen LogP contribution is 2.32. The maximum absolute atomic E-state index is 12.0. The van der Waals surface area contributed by atoms with Crippen LogP contribution in [0.2, 0.25) is 0 Å². The summed E-state index contributed by atoms with van der Waals surface area (Å²) < 4.78 is 5.04. The summed E-state index contributed by atoms with van der Waals surface area (Å²) in [5.41, 5.74) is 3.59. The molecule has 0 bridgehead atoms. The molecule has 1 amide bonds. The van der Waals surface area contributed by atoms with Crippen molar-refractivity contribution in [1.29, 1.82) is 0 Å². The van der Waals surface area contributed by atoms with Crippen LogP contribution < -0.4 is 9.64 Å². The molecule has 0 aromatic heterocycles. The third-order valence-corrected chi connectivity index (χ3v) is 4.11. The van der Waals surface area contributed by atoms with Crippen LogP contribution in [0.5, 0.6) is 5.75 Å². The summed E-state index contributed by atoms with van der Waals surface area (Å²) >= 11 is 0. The van der Waals surface area contributed by atoms with E-state index in [0.29, 0.717) is 12.2 Å². The van der Waals surface area contributed by atoms with E-state index in [1.807, 2.05) is 48.2 Å². The van der Waals surface area contributed by atoms with Crippen LogP contribution in [-0.2, 0) is 9.59 Å². The number of amides is 1. The van der Waals surface area contributed by atoms with Gasteiger partial charge in [-0.3, -0.25) is 14.6 Å². The molecular weight excluding hydrogens is 316 g/mol. The predicted octanol–water partition coefficient (Wildman–Crippen LogP) is 3.88. The van der Waals surface area contributed by atoms with E-state index in [9.17, 15) is 9.59 Å². The maximum atomic E-state index is 12.0. The van der Waals surface area contributed by atoms with Crippen LogP contribution in [0.15, 0.2) is 53.5 Å². The second kappa shape index (κ2) is 6.89. The smallest absolute Gasteiger partial charge is 0.308 e. The highest BCUT2D eigenvalue weighted by molar-refractivity contribution is 6.12. The normalized spacial score (nSPS) is 18.0. The minimum atomic E-state index is -0.349. The third-order valence-electron chi connectivity index (χ3n) is 4.11. The van der Waals surface area contributed by atoms with Gasteiger partial charge in [-0.2, -0.15) is 0 Å². The molecule has 5 heteroatoms. The van der Waals surface area contributed by atoms with E-state index < -0.39 is 0 Å². The summed E-state index contributed by atoms with van der Waals surface area (Å²) in [5, 5.41) is 0. The Morgan fingerprint density at radius 2 is 1.76 bits per heavy atom. The molecule has 1 aliphatic rings. The van der Waals surface area contributed by atoms with Gasteiger partial charge in [-0.15, -0.1) is 0 Å². The fraction of sp³-hybridized carbons (Fsp3) is 0.250. The van der Waals surface area contributed by atoms with E-state index >= 15 is 0 Å². The summed E-state index contributed by atoms with van der Waals surface area (Å²) in [4.78, 5) is 29.6. The highest BCUT2D eigenvalue weighted by Gasteiger charge is 2.29. The van der Waals surface area contributed by atoms with Crippen molar-refractivity contribution in [3.63, 3.8) is 0 Å². The van der Waals surface area contributed by atoms with Crippen molar-refractivity contribution in [3.8, 4) is 5.75 Å². The average Bonchev–Trinajstić information content (AvgIpc) is 2.56. The van der Waals surface area contributed by atoms with Gasteiger partial charge < -0.3 is 9.64 Å². The van der Waals surface area contributed by atoms with Gasteiger partial charge in [0.2, 0.25) is 5.91 Å². The van der Waals surface area contributed by atoms with E-state index in [-0.39, 0.29) is 17.9 Å². The Kier molecular flexibility index (Phi) is 4.65.